The minimum Gasteiger partial charge on any atom is -0.423 e. The van der Waals surface area contributed by atoms with Gasteiger partial charge in [-0.05, 0) is 23.6 Å². The van der Waals surface area contributed by atoms with Crippen LogP contribution in [0.1, 0.15) is 25.3 Å². The highest BCUT2D eigenvalue weighted by Gasteiger charge is 2.01. The number of rotatable bonds is 3. The number of ether oxygens (including phenoxy) is 1. The minimum absolute atomic E-state index is 0.428. The van der Waals surface area contributed by atoms with E-state index in [0.29, 0.717) is 11.7 Å². The summed E-state index contributed by atoms with van der Waals surface area (Å²) < 4.78 is 4.94. The third kappa shape index (κ3) is 2.73. The molecule has 0 atom stereocenters. The van der Waals surface area contributed by atoms with Crippen LogP contribution in [0.25, 0.3) is 0 Å². The maximum atomic E-state index is 10.9. The first kappa shape index (κ1) is 10.5. The molecule has 0 heterocycles. The molecule has 0 aliphatic rings. The van der Waals surface area contributed by atoms with Gasteiger partial charge in [-0.2, -0.15) is 0 Å². The molecule has 0 fully saturated rings. The largest absolute Gasteiger partial charge is 0.423 e. The molecule has 0 unspecified atom stereocenters. The van der Waals surface area contributed by atoms with E-state index in [1.165, 1.54) is 5.56 Å². The Hall–Kier alpha value is -1.57. The van der Waals surface area contributed by atoms with E-state index in [0.717, 1.165) is 6.08 Å². The second kappa shape index (κ2) is 4.61. The van der Waals surface area contributed by atoms with E-state index in [4.69, 9.17) is 4.74 Å². The third-order valence-corrected chi connectivity index (χ3v) is 1.93. The number of carbonyl (C=O) groups excluding carboxylic acids is 1. The molecule has 0 aromatic heterocycles. The molecule has 0 N–H and O–H groups in total. The predicted molar refractivity (Wildman–Crippen MR) is 56.4 cm³/mol. The van der Waals surface area contributed by atoms with Crippen molar-refractivity contribution in [1.82, 2.24) is 0 Å². The van der Waals surface area contributed by atoms with Gasteiger partial charge < -0.3 is 4.74 Å². The van der Waals surface area contributed by atoms with Crippen LogP contribution in [0.15, 0.2) is 36.9 Å². The summed E-state index contributed by atoms with van der Waals surface area (Å²) in [6.07, 6.45) is 1.15. The molecule has 74 valence electrons. The van der Waals surface area contributed by atoms with E-state index in [2.05, 4.69) is 20.4 Å². The van der Waals surface area contributed by atoms with Gasteiger partial charge in [0, 0.05) is 6.08 Å². The maximum absolute atomic E-state index is 10.9. The van der Waals surface area contributed by atoms with E-state index < -0.39 is 5.97 Å². The van der Waals surface area contributed by atoms with Gasteiger partial charge >= 0.3 is 5.97 Å². The first-order valence-corrected chi connectivity index (χ1v) is 4.57. The van der Waals surface area contributed by atoms with E-state index >= 15 is 0 Å². The summed E-state index contributed by atoms with van der Waals surface area (Å²) in [5.74, 6) is 0.612. The van der Waals surface area contributed by atoms with Crippen LogP contribution in [-0.2, 0) is 4.79 Å². The zero-order valence-electron chi connectivity index (χ0n) is 8.49. The van der Waals surface area contributed by atoms with E-state index in [1.807, 2.05) is 12.1 Å². The number of hydrogen-bond donors (Lipinski definition) is 0. The van der Waals surface area contributed by atoms with Gasteiger partial charge in [0.1, 0.15) is 5.75 Å². The quantitative estimate of drug-likeness (QED) is 0.416. The second-order valence-electron chi connectivity index (χ2n) is 3.35. The van der Waals surface area contributed by atoms with Crippen molar-refractivity contribution in [2.75, 3.05) is 0 Å². The Morgan fingerprint density at radius 3 is 2.36 bits per heavy atom. The summed E-state index contributed by atoms with van der Waals surface area (Å²) in [4.78, 5) is 10.9. The Morgan fingerprint density at radius 1 is 1.36 bits per heavy atom. The highest BCUT2D eigenvalue weighted by atomic mass is 16.5. The Kier molecular flexibility index (Phi) is 3.46. The van der Waals surface area contributed by atoms with Crippen molar-refractivity contribution in [3.63, 3.8) is 0 Å². The van der Waals surface area contributed by atoms with Crippen molar-refractivity contribution in [3.05, 3.63) is 42.5 Å². The number of carbonyl (C=O) groups is 1. The Morgan fingerprint density at radius 2 is 1.93 bits per heavy atom. The van der Waals surface area contributed by atoms with Gasteiger partial charge in [0.05, 0.1) is 0 Å². The SMILES string of the molecule is C=CC(=O)Oc1ccc(C(C)C)cc1. The van der Waals surface area contributed by atoms with Gasteiger partial charge in [0.25, 0.3) is 0 Å². The average molecular weight is 190 g/mol. The highest BCUT2D eigenvalue weighted by Crippen LogP contribution is 2.18. The van der Waals surface area contributed by atoms with Gasteiger partial charge in [-0.1, -0.05) is 32.6 Å². The van der Waals surface area contributed by atoms with Crippen molar-refractivity contribution in [1.29, 1.82) is 0 Å². The first-order chi connectivity index (χ1) is 6.63. The molecule has 1 aromatic carbocycles. The third-order valence-electron chi connectivity index (χ3n) is 1.93. The average Bonchev–Trinajstić information content (AvgIpc) is 2.18. The second-order valence-corrected chi connectivity index (χ2v) is 3.35. The van der Waals surface area contributed by atoms with Crippen molar-refractivity contribution >= 4 is 5.97 Å². The Labute approximate surface area is 84.2 Å². The molecule has 0 amide bonds. The van der Waals surface area contributed by atoms with Crippen molar-refractivity contribution in [3.8, 4) is 5.75 Å². The van der Waals surface area contributed by atoms with Crippen molar-refractivity contribution in [2.45, 2.75) is 19.8 Å². The van der Waals surface area contributed by atoms with Crippen molar-refractivity contribution in [2.24, 2.45) is 0 Å². The molecular weight excluding hydrogens is 176 g/mol. The number of esters is 1. The van der Waals surface area contributed by atoms with E-state index in [1.54, 1.807) is 12.1 Å². The first-order valence-electron chi connectivity index (χ1n) is 4.57. The van der Waals surface area contributed by atoms with Crippen LogP contribution in [0.3, 0.4) is 0 Å². The summed E-state index contributed by atoms with van der Waals surface area (Å²) in [6, 6.07) is 7.49. The molecule has 0 saturated heterocycles. The lowest BCUT2D eigenvalue weighted by Crippen LogP contribution is -2.02. The van der Waals surface area contributed by atoms with Gasteiger partial charge in [-0.3, -0.25) is 0 Å². The zero-order chi connectivity index (χ0) is 10.6. The summed E-state index contributed by atoms with van der Waals surface area (Å²) >= 11 is 0. The van der Waals surface area contributed by atoms with Crippen LogP contribution in [0.4, 0.5) is 0 Å². The number of hydrogen-bond acceptors (Lipinski definition) is 2. The topological polar surface area (TPSA) is 26.3 Å². The summed E-state index contributed by atoms with van der Waals surface area (Å²) in [6.45, 7) is 7.56. The molecule has 2 heteroatoms. The van der Waals surface area contributed by atoms with Gasteiger partial charge in [-0.15, -0.1) is 0 Å². The molecule has 0 saturated carbocycles. The maximum Gasteiger partial charge on any atom is 0.335 e. The molecule has 0 bridgehead atoms. The van der Waals surface area contributed by atoms with Crippen LogP contribution in [0, 0.1) is 0 Å². The molecule has 1 rings (SSSR count). The standard InChI is InChI=1S/C12H14O2/c1-4-12(13)14-11-7-5-10(6-8-11)9(2)3/h4-9H,1H2,2-3H3. The van der Waals surface area contributed by atoms with Gasteiger partial charge in [0.2, 0.25) is 0 Å². The molecule has 1 aromatic rings. The Bertz CT molecular complexity index is 323. The fourth-order valence-corrected chi connectivity index (χ4v) is 1.08. The predicted octanol–water partition coefficient (Wildman–Crippen LogP) is 2.90. The molecule has 2 nitrogen and oxygen atoms in total. The van der Waals surface area contributed by atoms with Crippen LogP contribution < -0.4 is 4.74 Å². The summed E-state index contributed by atoms with van der Waals surface area (Å²) in [7, 11) is 0. The van der Waals surface area contributed by atoms with Crippen molar-refractivity contribution < 1.29 is 9.53 Å². The summed E-state index contributed by atoms with van der Waals surface area (Å²) in [5.41, 5.74) is 1.23. The molecular formula is C12H14O2. The fraction of sp³-hybridized carbons (Fsp3) is 0.250. The normalized spacial score (nSPS) is 9.93. The zero-order valence-corrected chi connectivity index (χ0v) is 8.49. The molecule has 0 spiro atoms. The van der Waals surface area contributed by atoms with Crippen LogP contribution in [-0.4, -0.2) is 5.97 Å². The molecule has 0 aliphatic heterocycles. The Balaban J connectivity index is 2.73. The lowest BCUT2D eigenvalue weighted by atomic mass is 10.0. The highest BCUT2D eigenvalue weighted by molar-refractivity contribution is 5.83. The summed E-state index contributed by atoms with van der Waals surface area (Å²) in [5, 5.41) is 0. The smallest absolute Gasteiger partial charge is 0.335 e. The molecule has 0 aliphatic carbocycles. The monoisotopic (exact) mass is 190 g/mol. The van der Waals surface area contributed by atoms with E-state index in [9.17, 15) is 4.79 Å². The lowest BCUT2D eigenvalue weighted by Gasteiger charge is -2.06. The van der Waals surface area contributed by atoms with Crippen LogP contribution in [0.5, 0.6) is 5.75 Å². The van der Waals surface area contributed by atoms with Gasteiger partial charge in [0.15, 0.2) is 0 Å². The minimum atomic E-state index is -0.428. The number of benzene rings is 1. The van der Waals surface area contributed by atoms with E-state index in [-0.39, 0.29) is 0 Å². The van der Waals surface area contributed by atoms with Crippen LogP contribution >= 0.6 is 0 Å². The fourth-order valence-electron chi connectivity index (χ4n) is 1.08. The molecule has 0 radical (unpaired) electrons. The van der Waals surface area contributed by atoms with Crippen LogP contribution in [0.2, 0.25) is 0 Å². The lowest BCUT2D eigenvalue weighted by molar-refractivity contribution is -0.128. The van der Waals surface area contributed by atoms with Gasteiger partial charge in [-0.25, -0.2) is 4.79 Å². The molecule has 14 heavy (non-hydrogen) atoms.